The molecule has 1 heterocycles. The van der Waals surface area contributed by atoms with Crippen LogP contribution in [0.2, 0.25) is 0 Å². The highest BCUT2D eigenvalue weighted by molar-refractivity contribution is 7.90. The minimum Gasteiger partial charge on any atom is -0.494 e. The summed E-state index contributed by atoms with van der Waals surface area (Å²) in [5.41, 5.74) is -0.444. The molecule has 0 unspecified atom stereocenters. The molecule has 1 atom stereocenters. The van der Waals surface area contributed by atoms with Crippen LogP contribution in [-0.2, 0) is 9.84 Å². The lowest BCUT2D eigenvalue weighted by atomic mass is 10.1. The van der Waals surface area contributed by atoms with Gasteiger partial charge in [0.2, 0.25) is 0 Å². The number of hydrogen-bond donors (Lipinski definition) is 0. The van der Waals surface area contributed by atoms with E-state index in [2.05, 4.69) is 0 Å². The Morgan fingerprint density at radius 1 is 1.18 bits per heavy atom. The zero-order chi connectivity index (χ0) is 24.6. The van der Waals surface area contributed by atoms with E-state index in [-0.39, 0.29) is 23.7 Å². The fraction of sp³-hybridized carbons (Fsp3) is 0.381. The van der Waals surface area contributed by atoms with Gasteiger partial charge in [0, 0.05) is 12.3 Å². The Bertz CT molecular complexity index is 1150. The molecule has 0 aliphatic carbocycles. The van der Waals surface area contributed by atoms with Crippen molar-refractivity contribution < 1.29 is 45.0 Å². The van der Waals surface area contributed by atoms with E-state index in [1.165, 1.54) is 29.2 Å². The molecule has 1 fully saturated rings. The minimum atomic E-state index is -4.72. The maximum atomic E-state index is 13.3. The molecular weight excluding hydrogens is 470 g/mol. The quantitative estimate of drug-likeness (QED) is 0.552. The van der Waals surface area contributed by atoms with Crippen molar-refractivity contribution in [2.45, 2.75) is 30.2 Å². The molecule has 1 aliphatic heterocycles. The zero-order valence-corrected chi connectivity index (χ0v) is 18.7. The summed E-state index contributed by atoms with van der Waals surface area (Å²) in [4.78, 5) is 14.0. The van der Waals surface area contributed by atoms with Gasteiger partial charge in [-0.15, -0.1) is 0 Å². The summed E-state index contributed by atoms with van der Waals surface area (Å²) in [6.45, 7) is 0.837. The van der Waals surface area contributed by atoms with Crippen LogP contribution < -0.4 is 14.2 Å². The molecule has 2 aromatic rings. The number of sulfone groups is 1. The summed E-state index contributed by atoms with van der Waals surface area (Å²) in [5.74, 6) is -1.91. The van der Waals surface area contributed by atoms with Gasteiger partial charge in [-0.05, 0) is 31.2 Å². The molecule has 7 nitrogen and oxygen atoms in total. The standard InChI is InChI=1S/C21H21F4NO6S/c1-12(21(23,24)25)31-16-7-8-17(33(3,28)29)19(30-2)18(16)20(27)26-10-15(11-26)32-14-6-4-5-13(22)9-14/h4-9,12,15H,10-11H2,1-3H3/t12-/m0/s1. The number of halogens is 4. The number of amides is 1. The third kappa shape index (κ3) is 5.49. The first-order chi connectivity index (χ1) is 15.3. The van der Waals surface area contributed by atoms with Gasteiger partial charge < -0.3 is 19.1 Å². The van der Waals surface area contributed by atoms with Gasteiger partial charge in [0.1, 0.15) is 33.9 Å². The topological polar surface area (TPSA) is 82.1 Å². The highest BCUT2D eigenvalue weighted by Gasteiger charge is 2.41. The molecule has 2 aromatic carbocycles. The third-order valence-electron chi connectivity index (χ3n) is 4.90. The summed E-state index contributed by atoms with van der Waals surface area (Å²) in [5, 5.41) is 0. The number of rotatable bonds is 7. The van der Waals surface area contributed by atoms with Gasteiger partial charge in [0.25, 0.3) is 5.91 Å². The Morgan fingerprint density at radius 3 is 2.39 bits per heavy atom. The largest absolute Gasteiger partial charge is 0.494 e. The number of carbonyl (C=O) groups excluding carboxylic acids is 1. The first-order valence-electron chi connectivity index (χ1n) is 9.67. The van der Waals surface area contributed by atoms with Crippen LogP contribution in [0.4, 0.5) is 17.6 Å². The molecule has 0 bridgehead atoms. The second-order valence-corrected chi connectivity index (χ2v) is 9.44. The lowest BCUT2D eigenvalue weighted by Gasteiger charge is -2.39. The Kier molecular flexibility index (Phi) is 6.78. The molecule has 0 N–H and O–H groups in total. The van der Waals surface area contributed by atoms with Crippen LogP contribution in [0.5, 0.6) is 17.2 Å². The first-order valence-corrected chi connectivity index (χ1v) is 11.6. The predicted molar refractivity (Wildman–Crippen MR) is 109 cm³/mol. The van der Waals surface area contributed by atoms with Crippen LogP contribution in [0.15, 0.2) is 41.3 Å². The fourth-order valence-electron chi connectivity index (χ4n) is 3.17. The molecule has 1 aliphatic rings. The van der Waals surface area contributed by atoms with Gasteiger partial charge in [0.05, 0.1) is 20.2 Å². The van der Waals surface area contributed by atoms with Crippen molar-refractivity contribution in [3.63, 3.8) is 0 Å². The van der Waals surface area contributed by atoms with Crippen molar-refractivity contribution in [1.82, 2.24) is 4.90 Å². The van der Waals surface area contributed by atoms with Gasteiger partial charge >= 0.3 is 6.18 Å². The van der Waals surface area contributed by atoms with Crippen LogP contribution in [0, 0.1) is 5.82 Å². The maximum Gasteiger partial charge on any atom is 0.425 e. The minimum absolute atomic E-state index is 0.0376. The van der Waals surface area contributed by atoms with E-state index in [9.17, 15) is 30.8 Å². The first kappa shape index (κ1) is 24.6. The lowest BCUT2D eigenvalue weighted by molar-refractivity contribution is -0.189. The van der Waals surface area contributed by atoms with Crippen LogP contribution in [0.1, 0.15) is 17.3 Å². The molecule has 0 radical (unpaired) electrons. The van der Waals surface area contributed by atoms with E-state index < -0.39 is 57.0 Å². The molecule has 0 aromatic heterocycles. The molecule has 1 amide bonds. The van der Waals surface area contributed by atoms with E-state index in [1.807, 2.05) is 0 Å². The van der Waals surface area contributed by atoms with Crippen molar-refractivity contribution in [3.05, 3.63) is 47.8 Å². The second kappa shape index (κ2) is 9.08. The van der Waals surface area contributed by atoms with Gasteiger partial charge in [-0.25, -0.2) is 12.8 Å². The van der Waals surface area contributed by atoms with E-state index in [1.54, 1.807) is 0 Å². The number of hydrogen-bond acceptors (Lipinski definition) is 6. The summed E-state index contributed by atoms with van der Waals surface area (Å²) in [7, 11) is -2.78. The highest BCUT2D eigenvalue weighted by atomic mass is 32.2. The summed E-state index contributed by atoms with van der Waals surface area (Å²) in [6.07, 6.45) is -6.59. The van der Waals surface area contributed by atoms with Crippen LogP contribution >= 0.6 is 0 Å². The van der Waals surface area contributed by atoms with E-state index in [4.69, 9.17) is 14.2 Å². The summed E-state index contributed by atoms with van der Waals surface area (Å²) in [6, 6.07) is 7.43. The van der Waals surface area contributed by atoms with Gasteiger partial charge in [0.15, 0.2) is 21.7 Å². The Hall–Kier alpha value is -3.02. The predicted octanol–water partition coefficient (Wildman–Crippen LogP) is 3.47. The molecule has 1 saturated heterocycles. The summed E-state index contributed by atoms with van der Waals surface area (Å²) < 4.78 is 92.4. The number of alkyl halides is 3. The Morgan fingerprint density at radius 2 is 1.85 bits per heavy atom. The average Bonchev–Trinajstić information content (AvgIpc) is 2.67. The van der Waals surface area contributed by atoms with Gasteiger partial charge in [-0.3, -0.25) is 4.79 Å². The Balaban J connectivity index is 1.90. The van der Waals surface area contributed by atoms with Crippen LogP contribution in [-0.4, -0.2) is 64.1 Å². The van der Waals surface area contributed by atoms with Gasteiger partial charge in [-0.1, -0.05) is 6.07 Å². The van der Waals surface area contributed by atoms with Crippen molar-refractivity contribution in [2.24, 2.45) is 0 Å². The molecule has 0 saturated carbocycles. The van der Waals surface area contributed by atoms with Crippen molar-refractivity contribution in [2.75, 3.05) is 26.5 Å². The Labute approximate surface area is 187 Å². The molecule has 12 heteroatoms. The fourth-order valence-corrected chi connectivity index (χ4v) is 4.00. The number of carbonyl (C=O) groups is 1. The van der Waals surface area contributed by atoms with Crippen molar-refractivity contribution in [3.8, 4) is 17.2 Å². The molecular formula is C21H21F4NO6S. The van der Waals surface area contributed by atoms with Crippen molar-refractivity contribution >= 4 is 15.7 Å². The van der Waals surface area contributed by atoms with Crippen molar-refractivity contribution in [1.29, 1.82) is 0 Å². The van der Waals surface area contributed by atoms with E-state index in [0.29, 0.717) is 0 Å². The zero-order valence-electron chi connectivity index (χ0n) is 17.8. The number of likely N-dealkylation sites (tertiary alicyclic amines) is 1. The molecule has 33 heavy (non-hydrogen) atoms. The van der Waals surface area contributed by atoms with Gasteiger partial charge in [-0.2, -0.15) is 13.2 Å². The van der Waals surface area contributed by atoms with E-state index >= 15 is 0 Å². The molecule has 0 spiro atoms. The number of ether oxygens (including phenoxy) is 3. The molecule has 180 valence electrons. The molecule has 3 rings (SSSR count). The smallest absolute Gasteiger partial charge is 0.425 e. The number of methoxy groups -OCH3 is 1. The SMILES string of the molecule is COc1c(S(C)(=O)=O)ccc(O[C@@H](C)C(F)(F)F)c1C(=O)N1CC(Oc2cccc(F)c2)C1. The third-order valence-corrected chi connectivity index (χ3v) is 6.02. The second-order valence-electron chi connectivity index (χ2n) is 7.45. The maximum absolute atomic E-state index is 13.3. The summed E-state index contributed by atoms with van der Waals surface area (Å²) >= 11 is 0. The number of benzene rings is 2. The van der Waals surface area contributed by atoms with Crippen LogP contribution in [0.3, 0.4) is 0 Å². The lowest BCUT2D eigenvalue weighted by Crippen LogP contribution is -2.56. The number of nitrogens with zero attached hydrogens (tertiary/aromatic N) is 1. The monoisotopic (exact) mass is 491 g/mol. The average molecular weight is 491 g/mol. The normalized spacial score (nSPS) is 15.5. The highest BCUT2D eigenvalue weighted by Crippen LogP contribution is 2.38. The van der Waals surface area contributed by atoms with Crippen LogP contribution in [0.25, 0.3) is 0 Å². The van der Waals surface area contributed by atoms with E-state index in [0.717, 1.165) is 32.4 Å².